The van der Waals surface area contributed by atoms with Crippen LogP contribution in [0, 0.1) is 23.2 Å². The number of hydrogen-bond acceptors (Lipinski definition) is 4. The summed E-state index contributed by atoms with van der Waals surface area (Å²) in [6, 6.07) is 9.52. The van der Waals surface area contributed by atoms with Crippen LogP contribution in [-0.4, -0.2) is 72.3 Å². The highest BCUT2D eigenvalue weighted by Crippen LogP contribution is 2.21. The molecule has 0 radical (unpaired) electrons. The highest BCUT2D eigenvalue weighted by atomic mass is 16.2. The Labute approximate surface area is 174 Å². The van der Waals surface area contributed by atoms with Crippen molar-refractivity contribution in [1.82, 2.24) is 14.7 Å². The molecule has 2 unspecified atom stereocenters. The largest absolute Gasteiger partial charge is 0.341 e. The monoisotopic (exact) mass is 396 g/mol. The van der Waals surface area contributed by atoms with Crippen molar-refractivity contribution in [2.45, 2.75) is 33.1 Å². The molecule has 2 amide bonds. The van der Waals surface area contributed by atoms with Crippen molar-refractivity contribution >= 4 is 11.8 Å². The van der Waals surface area contributed by atoms with Crippen molar-refractivity contribution in [2.24, 2.45) is 11.8 Å². The molecule has 2 aliphatic rings. The Bertz CT molecular complexity index is 737. The number of piperazine rings is 1. The van der Waals surface area contributed by atoms with Crippen LogP contribution in [0.4, 0.5) is 0 Å². The van der Waals surface area contributed by atoms with Crippen LogP contribution < -0.4 is 0 Å². The molecule has 2 atom stereocenters. The summed E-state index contributed by atoms with van der Waals surface area (Å²) in [6.45, 7) is 9.54. The minimum absolute atomic E-state index is 0.166. The lowest BCUT2D eigenvalue weighted by Crippen LogP contribution is -2.53. The molecule has 2 fully saturated rings. The number of carbonyl (C=O) groups excluding carboxylic acids is 2. The molecule has 0 N–H and O–H groups in total. The van der Waals surface area contributed by atoms with Crippen molar-refractivity contribution in [3.63, 3.8) is 0 Å². The number of rotatable bonds is 5. The first-order valence-corrected chi connectivity index (χ1v) is 10.7. The van der Waals surface area contributed by atoms with Gasteiger partial charge in [-0.3, -0.25) is 14.5 Å². The first kappa shape index (κ1) is 21.3. The molecule has 3 rings (SSSR count). The lowest BCUT2D eigenvalue weighted by Gasteiger charge is -2.38. The van der Waals surface area contributed by atoms with E-state index >= 15 is 0 Å². The summed E-state index contributed by atoms with van der Waals surface area (Å²) in [4.78, 5) is 31.3. The Morgan fingerprint density at radius 1 is 0.966 bits per heavy atom. The second kappa shape index (κ2) is 9.89. The van der Waals surface area contributed by atoms with E-state index in [4.69, 9.17) is 5.26 Å². The van der Waals surface area contributed by atoms with E-state index in [-0.39, 0.29) is 11.8 Å². The van der Waals surface area contributed by atoms with Crippen LogP contribution in [0.3, 0.4) is 0 Å². The zero-order valence-corrected chi connectivity index (χ0v) is 17.6. The molecule has 1 aromatic carbocycles. The van der Waals surface area contributed by atoms with Gasteiger partial charge in [-0.15, -0.1) is 0 Å². The normalized spacial score (nSPS) is 22.9. The average Bonchev–Trinajstić information content (AvgIpc) is 2.72. The Hall–Kier alpha value is -2.39. The van der Waals surface area contributed by atoms with Crippen LogP contribution >= 0.6 is 0 Å². The lowest BCUT2D eigenvalue weighted by molar-refractivity contribution is -0.136. The van der Waals surface area contributed by atoms with Gasteiger partial charge in [0.05, 0.1) is 18.2 Å². The summed E-state index contributed by atoms with van der Waals surface area (Å²) in [7, 11) is 0. The zero-order valence-electron chi connectivity index (χ0n) is 17.6. The highest BCUT2D eigenvalue weighted by Gasteiger charge is 2.28. The number of hydrogen-bond donors (Lipinski definition) is 0. The molecule has 6 heteroatoms. The molecule has 0 saturated carbocycles. The number of benzene rings is 1. The van der Waals surface area contributed by atoms with Crippen LogP contribution in [0.1, 0.15) is 37.8 Å². The number of nitriles is 1. The van der Waals surface area contributed by atoms with Crippen molar-refractivity contribution < 1.29 is 9.59 Å². The number of aryl methyl sites for hydroxylation is 1. The van der Waals surface area contributed by atoms with E-state index in [0.29, 0.717) is 49.9 Å². The molecule has 1 aromatic rings. The quantitative estimate of drug-likeness (QED) is 0.765. The number of nitrogens with zero attached hydrogens (tertiary/aromatic N) is 4. The molecular formula is C23H32N4O2. The predicted octanol–water partition coefficient (Wildman–Crippen LogP) is 2.14. The van der Waals surface area contributed by atoms with E-state index < -0.39 is 0 Å². The van der Waals surface area contributed by atoms with Gasteiger partial charge in [-0.2, -0.15) is 5.26 Å². The molecule has 29 heavy (non-hydrogen) atoms. The van der Waals surface area contributed by atoms with Crippen LogP contribution in [0.5, 0.6) is 0 Å². The van der Waals surface area contributed by atoms with Crippen LogP contribution in [0.25, 0.3) is 0 Å². The summed E-state index contributed by atoms with van der Waals surface area (Å²) in [6.07, 6.45) is 2.37. The summed E-state index contributed by atoms with van der Waals surface area (Å²) in [5.74, 6) is 1.55. The number of carbonyl (C=O) groups is 2. The molecule has 0 bridgehead atoms. The molecule has 0 aliphatic carbocycles. The smallest absolute Gasteiger partial charge is 0.236 e. The predicted molar refractivity (Wildman–Crippen MR) is 112 cm³/mol. The lowest BCUT2D eigenvalue weighted by atomic mass is 9.92. The fourth-order valence-electron chi connectivity index (χ4n) is 4.47. The summed E-state index contributed by atoms with van der Waals surface area (Å²) in [5, 5.41) is 8.85. The first-order valence-electron chi connectivity index (χ1n) is 10.7. The van der Waals surface area contributed by atoms with E-state index in [1.807, 2.05) is 21.9 Å². The molecule has 6 nitrogen and oxygen atoms in total. The van der Waals surface area contributed by atoms with Crippen molar-refractivity contribution in [3.8, 4) is 6.07 Å². The minimum atomic E-state index is 0.166. The first-order chi connectivity index (χ1) is 13.9. The van der Waals surface area contributed by atoms with Gasteiger partial charge in [0.1, 0.15) is 0 Å². The van der Waals surface area contributed by atoms with Gasteiger partial charge in [-0.1, -0.05) is 26.0 Å². The van der Waals surface area contributed by atoms with Gasteiger partial charge in [0.25, 0.3) is 0 Å². The van der Waals surface area contributed by atoms with Crippen molar-refractivity contribution in [3.05, 3.63) is 35.4 Å². The topological polar surface area (TPSA) is 67.7 Å². The fourth-order valence-corrected chi connectivity index (χ4v) is 4.47. The maximum atomic E-state index is 12.7. The van der Waals surface area contributed by atoms with Gasteiger partial charge in [0.2, 0.25) is 11.8 Å². The van der Waals surface area contributed by atoms with E-state index in [1.165, 1.54) is 6.42 Å². The minimum Gasteiger partial charge on any atom is -0.341 e. The van der Waals surface area contributed by atoms with Crippen LogP contribution in [0.2, 0.25) is 0 Å². The molecule has 156 valence electrons. The number of likely N-dealkylation sites (tertiary alicyclic amines) is 1. The summed E-state index contributed by atoms with van der Waals surface area (Å²) >= 11 is 0. The molecule has 2 aliphatic heterocycles. The molecule has 0 spiro atoms. The molecular weight excluding hydrogens is 364 g/mol. The summed E-state index contributed by atoms with van der Waals surface area (Å²) in [5.41, 5.74) is 1.71. The van der Waals surface area contributed by atoms with Gasteiger partial charge in [0, 0.05) is 45.7 Å². The average molecular weight is 397 g/mol. The Morgan fingerprint density at radius 2 is 1.59 bits per heavy atom. The van der Waals surface area contributed by atoms with Gasteiger partial charge in [-0.25, -0.2) is 0 Å². The third-order valence-electron chi connectivity index (χ3n) is 6.02. The Kier molecular flexibility index (Phi) is 7.27. The van der Waals surface area contributed by atoms with Gasteiger partial charge in [0.15, 0.2) is 0 Å². The van der Waals surface area contributed by atoms with E-state index in [2.05, 4.69) is 24.8 Å². The highest BCUT2D eigenvalue weighted by molar-refractivity contribution is 5.79. The van der Waals surface area contributed by atoms with Gasteiger partial charge in [-0.05, 0) is 42.4 Å². The van der Waals surface area contributed by atoms with E-state index in [0.717, 1.165) is 31.7 Å². The molecule has 2 saturated heterocycles. The van der Waals surface area contributed by atoms with E-state index in [9.17, 15) is 9.59 Å². The standard InChI is InChI=1S/C23H32N4O2/c1-18-13-19(2)16-27(15-18)23(29)17-25-9-11-26(12-10-25)22(28)8-7-20-3-5-21(14-24)6-4-20/h3-6,18-19H,7-13,15-17H2,1-2H3. The maximum absolute atomic E-state index is 12.7. The molecule has 0 aromatic heterocycles. The van der Waals surface area contributed by atoms with Crippen molar-refractivity contribution in [2.75, 3.05) is 45.8 Å². The molecule has 2 heterocycles. The maximum Gasteiger partial charge on any atom is 0.236 e. The Balaban J connectivity index is 1.39. The SMILES string of the molecule is CC1CC(C)CN(C(=O)CN2CCN(C(=O)CCc3ccc(C#N)cc3)CC2)C1. The van der Waals surface area contributed by atoms with Crippen molar-refractivity contribution in [1.29, 1.82) is 5.26 Å². The van der Waals surface area contributed by atoms with Crippen LogP contribution in [-0.2, 0) is 16.0 Å². The van der Waals surface area contributed by atoms with Gasteiger partial charge < -0.3 is 9.80 Å². The van der Waals surface area contributed by atoms with E-state index in [1.54, 1.807) is 12.1 Å². The summed E-state index contributed by atoms with van der Waals surface area (Å²) < 4.78 is 0. The third-order valence-corrected chi connectivity index (χ3v) is 6.02. The number of amides is 2. The van der Waals surface area contributed by atoms with Crippen LogP contribution in [0.15, 0.2) is 24.3 Å². The second-order valence-electron chi connectivity index (χ2n) is 8.71. The zero-order chi connectivity index (χ0) is 20.8. The second-order valence-corrected chi connectivity index (χ2v) is 8.71. The fraction of sp³-hybridized carbons (Fsp3) is 0.609. The number of piperidine rings is 1. The van der Waals surface area contributed by atoms with Gasteiger partial charge >= 0.3 is 0 Å². The third kappa shape index (κ3) is 6.04. The Morgan fingerprint density at radius 3 is 2.17 bits per heavy atom.